The Labute approximate surface area is 216 Å². The van der Waals surface area contributed by atoms with E-state index in [-0.39, 0.29) is 42.4 Å². The predicted molar refractivity (Wildman–Crippen MR) is 133 cm³/mol. The Hall–Kier alpha value is -3.13. The van der Waals surface area contributed by atoms with Crippen LogP contribution in [0.15, 0.2) is 41.3 Å². The van der Waals surface area contributed by atoms with E-state index >= 15 is 0 Å². The van der Waals surface area contributed by atoms with Crippen LogP contribution in [0.25, 0.3) is 0 Å². The van der Waals surface area contributed by atoms with Gasteiger partial charge in [0, 0.05) is 50.6 Å². The topological polar surface area (TPSA) is 113 Å². The minimum Gasteiger partial charge on any atom is -0.370 e. The number of hydrogen-bond donors (Lipinski definition) is 3. The Morgan fingerprint density at radius 3 is 2.53 bits per heavy atom. The fourth-order valence-corrected chi connectivity index (χ4v) is 5.95. The smallest absolute Gasteiger partial charge is 0.298 e. The van der Waals surface area contributed by atoms with Gasteiger partial charge in [0.05, 0.1) is 16.9 Å². The zero-order valence-electron chi connectivity index (χ0n) is 20.4. The van der Waals surface area contributed by atoms with Crippen LogP contribution in [0.4, 0.5) is 34.6 Å². The number of aromatic nitrogens is 1. The normalized spacial score (nSPS) is 24.5. The first-order chi connectivity index (χ1) is 17.8. The van der Waals surface area contributed by atoms with E-state index in [9.17, 15) is 35.6 Å². The molecule has 1 aromatic heterocycles. The number of halogens is 4. The number of nitrogens with zero attached hydrogens (tertiary/aromatic N) is 2. The van der Waals surface area contributed by atoms with Crippen LogP contribution in [0.1, 0.15) is 42.1 Å². The van der Waals surface area contributed by atoms with Crippen molar-refractivity contribution >= 4 is 33.2 Å². The number of rotatable bonds is 8. The summed E-state index contributed by atoms with van der Waals surface area (Å²) in [5.74, 6) is -3.77. The number of carbonyl (C=O) groups excluding carboxylic acids is 1. The Morgan fingerprint density at radius 2 is 1.89 bits per heavy atom. The third kappa shape index (κ3) is 4.86. The number of hydrogen-bond acceptors (Lipinski definition) is 5. The third-order valence-electron chi connectivity index (χ3n) is 7.79. The van der Waals surface area contributed by atoms with Crippen molar-refractivity contribution in [3.63, 3.8) is 0 Å². The molecule has 3 N–H and O–H groups in total. The maximum atomic E-state index is 13.6. The lowest BCUT2D eigenvalue weighted by Crippen LogP contribution is -2.41. The van der Waals surface area contributed by atoms with E-state index in [4.69, 9.17) is 0 Å². The average Bonchev–Trinajstić information content (AvgIpc) is 3.59. The maximum absolute atomic E-state index is 13.6. The van der Waals surface area contributed by atoms with Gasteiger partial charge in [0.25, 0.3) is 27.6 Å². The van der Waals surface area contributed by atoms with Crippen LogP contribution in [-0.4, -0.2) is 51.4 Å². The van der Waals surface area contributed by atoms with E-state index in [1.54, 1.807) is 4.90 Å². The van der Waals surface area contributed by atoms with Crippen LogP contribution in [0.2, 0.25) is 0 Å². The number of amides is 1. The van der Waals surface area contributed by atoms with Crippen LogP contribution in [0, 0.1) is 11.3 Å². The third-order valence-corrected chi connectivity index (χ3v) is 8.83. The van der Waals surface area contributed by atoms with Crippen LogP contribution in [0.3, 0.4) is 0 Å². The van der Waals surface area contributed by atoms with Crippen molar-refractivity contribution < 1.29 is 30.8 Å². The second kappa shape index (κ2) is 9.26. The molecule has 206 valence electrons. The Balaban J connectivity index is 1.43. The molecule has 1 aliphatic heterocycles. The summed E-state index contributed by atoms with van der Waals surface area (Å²) >= 11 is 0. The molecule has 1 aromatic carbocycles. The van der Waals surface area contributed by atoms with Gasteiger partial charge in [-0.3, -0.25) is 14.3 Å². The highest BCUT2D eigenvalue weighted by atomic mass is 32.2. The molecule has 14 heteroatoms. The number of pyridine rings is 1. The molecule has 0 radical (unpaired) electrons. The molecule has 1 amide bonds. The molecule has 3 fully saturated rings. The van der Waals surface area contributed by atoms with Gasteiger partial charge < -0.3 is 14.8 Å². The first kappa shape index (κ1) is 26.5. The first-order valence-corrected chi connectivity index (χ1v) is 13.6. The van der Waals surface area contributed by atoms with E-state index in [2.05, 4.69) is 14.8 Å². The summed E-state index contributed by atoms with van der Waals surface area (Å²) in [6.07, 6.45) is -1.38. The Bertz CT molecular complexity index is 1430. The molecule has 0 spiro atoms. The van der Waals surface area contributed by atoms with E-state index in [0.29, 0.717) is 12.1 Å². The summed E-state index contributed by atoms with van der Waals surface area (Å²) in [5, 5.41) is 2.54. The first-order valence-electron chi connectivity index (χ1n) is 12.1. The summed E-state index contributed by atoms with van der Waals surface area (Å²) in [7, 11) is -2.64. The van der Waals surface area contributed by atoms with Crippen molar-refractivity contribution in [3.05, 3.63) is 52.4 Å². The Morgan fingerprint density at radius 1 is 1.16 bits per heavy atom. The molecule has 0 unspecified atom stereocenters. The molecule has 3 aliphatic rings. The lowest BCUT2D eigenvalue weighted by atomic mass is 9.88. The van der Waals surface area contributed by atoms with Crippen LogP contribution >= 0.6 is 0 Å². The molecular weight excluding hydrogens is 530 g/mol. The highest BCUT2D eigenvalue weighted by Crippen LogP contribution is 2.61. The van der Waals surface area contributed by atoms with E-state index in [0.717, 1.165) is 0 Å². The fraction of sp³-hybridized carbons (Fsp3) is 0.500. The molecular formula is C24H27F4N5O4S. The number of piperidine rings is 1. The van der Waals surface area contributed by atoms with Crippen LogP contribution in [0.5, 0.6) is 0 Å². The number of nitrogens with one attached hydrogen (secondary N) is 3. The van der Waals surface area contributed by atoms with Crippen molar-refractivity contribution in [2.75, 3.05) is 35.1 Å². The molecule has 1 saturated heterocycles. The molecule has 9 nitrogen and oxygen atoms in total. The van der Waals surface area contributed by atoms with Crippen LogP contribution in [-0.2, 0) is 10.2 Å². The zero-order valence-corrected chi connectivity index (χ0v) is 21.2. The maximum Gasteiger partial charge on any atom is 0.298 e. The molecule has 2 heterocycles. The molecule has 2 atom stereocenters. The highest BCUT2D eigenvalue weighted by Gasteiger charge is 2.62. The molecule has 0 bridgehead atoms. The largest absolute Gasteiger partial charge is 0.370 e. The van der Waals surface area contributed by atoms with Crippen molar-refractivity contribution in [1.82, 2.24) is 9.29 Å². The summed E-state index contributed by atoms with van der Waals surface area (Å²) in [6.45, 7) is 0.498. The standard InChI is InChI=1S/C24H27F4N5O4S/c1-29-38(36,37)31-15-4-5-17(19(9-15)32-8-6-23(22(25)26)10-14(23)13-32)20(34)30-18-3-2-7-33(21(18)35)16-11-24(27,28)12-16/h2-5,7,9,14,16,22,29,31H,6,8,10-13H2,1H3,(H,30,34)/t14-,23+/m1/s1. The van der Waals surface area contributed by atoms with Crippen molar-refractivity contribution in [2.45, 2.75) is 44.1 Å². The average molecular weight is 558 g/mol. The zero-order chi connectivity index (χ0) is 27.5. The number of carbonyl (C=O) groups is 1. The summed E-state index contributed by atoms with van der Waals surface area (Å²) in [5.41, 5.74) is -1.16. The van der Waals surface area contributed by atoms with Crippen LogP contribution < -0.4 is 25.2 Å². The summed E-state index contributed by atoms with van der Waals surface area (Å²) < 4.78 is 83.5. The number of fused-ring (bicyclic) bond motifs is 1. The lowest BCUT2D eigenvalue weighted by molar-refractivity contribution is -0.104. The van der Waals surface area contributed by atoms with Gasteiger partial charge in [0.2, 0.25) is 6.43 Å². The van der Waals surface area contributed by atoms with Crippen molar-refractivity contribution in [2.24, 2.45) is 11.3 Å². The fourth-order valence-electron chi connectivity index (χ4n) is 5.41. The monoisotopic (exact) mass is 557 g/mol. The molecule has 2 aliphatic carbocycles. The summed E-state index contributed by atoms with van der Waals surface area (Å²) in [6, 6.07) is 6.37. The lowest BCUT2D eigenvalue weighted by Gasteiger charge is -2.36. The molecule has 5 rings (SSSR count). The van der Waals surface area contributed by atoms with Crippen molar-refractivity contribution in [3.8, 4) is 0 Å². The second-order valence-corrected chi connectivity index (χ2v) is 11.8. The molecule has 2 aromatic rings. The van der Waals surface area contributed by atoms with E-state index in [1.165, 1.54) is 48.1 Å². The van der Waals surface area contributed by atoms with E-state index in [1.807, 2.05) is 0 Å². The molecule has 38 heavy (non-hydrogen) atoms. The Kier molecular flexibility index (Phi) is 6.45. The van der Waals surface area contributed by atoms with Gasteiger partial charge in [-0.25, -0.2) is 22.3 Å². The van der Waals surface area contributed by atoms with Gasteiger partial charge in [0.15, 0.2) is 0 Å². The van der Waals surface area contributed by atoms with Crippen molar-refractivity contribution in [1.29, 1.82) is 0 Å². The van der Waals surface area contributed by atoms with Gasteiger partial charge >= 0.3 is 0 Å². The number of benzene rings is 1. The second-order valence-electron chi connectivity index (χ2n) is 10.2. The molecule has 2 saturated carbocycles. The minimum atomic E-state index is -3.86. The van der Waals surface area contributed by atoms with Gasteiger partial charge in [-0.1, -0.05) is 0 Å². The minimum absolute atomic E-state index is 0.101. The van der Waals surface area contributed by atoms with Gasteiger partial charge in [-0.15, -0.1) is 0 Å². The number of alkyl halides is 4. The summed E-state index contributed by atoms with van der Waals surface area (Å²) in [4.78, 5) is 28.0. The quantitative estimate of drug-likeness (QED) is 0.431. The number of anilines is 3. The van der Waals surface area contributed by atoms with Gasteiger partial charge in [-0.2, -0.15) is 8.42 Å². The van der Waals surface area contributed by atoms with Gasteiger partial charge in [-0.05, 0) is 49.1 Å². The SMILES string of the molecule is CNS(=O)(=O)Nc1ccc(C(=O)Nc2cccn(C3CC(F)(F)C3)c2=O)c(N2CC[C@]3(C(F)F)C[C@@H]3C2)c1. The highest BCUT2D eigenvalue weighted by molar-refractivity contribution is 7.90. The van der Waals surface area contributed by atoms with Gasteiger partial charge in [0.1, 0.15) is 5.69 Å². The predicted octanol–water partition coefficient (Wildman–Crippen LogP) is 3.43. The van der Waals surface area contributed by atoms with E-state index < -0.39 is 58.3 Å².